The van der Waals surface area contributed by atoms with Crippen LogP contribution in [0.5, 0.6) is 5.75 Å². The Bertz CT molecular complexity index is 281. The zero-order valence-corrected chi connectivity index (χ0v) is 7.97. The van der Waals surface area contributed by atoms with Gasteiger partial charge in [-0.2, -0.15) is 0 Å². The SMILES string of the molecule is COCCOC(=O)c1sccc1O. The fourth-order valence-electron chi connectivity index (χ4n) is 0.738. The van der Waals surface area contributed by atoms with E-state index in [1.807, 2.05) is 0 Å². The average molecular weight is 202 g/mol. The highest BCUT2D eigenvalue weighted by Gasteiger charge is 2.13. The van der Waals surface area contributed by atoms with Crippen molar-refractivity contribution in [3.05, 3.63) is 16.3 Å². The number of carbonyl (C=O) groups excluding carboxylic acids is 1. The van der Waals surface area contributed by atoms with Gasteiger partial charge in [0.25, 0.3) is 0 Å². The normalized spacial score (nSPS) is 9.92. The van der Waals surface area contributed by atoms with Crippen LogP contribution in [0.25, 0.3) is 0 Å². The van der Waals surface area contributed by atoms with Crippen molar-refractivity contribution in [2.24, 2.45) is 0 Å². The minimum absolute atomic E-state index is 0.0348. The van der Waals surface area contributed by atoms with E-state index in [-0.39, 0.29) is 17.2 Å². The van der Waals surface area contributed by atoms with Gasteiger partial charge >= 0.3 is 5.97 Å². The summed E-state index contributed by atoms with van der Waals surface area (Å²) in [4.78, 5) is 11.4. The van der Waals surface area contributed by atoms with E-state index in [9.17, 15) is 4.79 Å². The molecule has 0 amide bonds. The van der Waals surface area contributed by atoms with Crippen molar-refractivity contribution in [3.63, 3.8) is 0 Å². The molecule has 1 aromatic heterocycles. The Hall–Kier alpha value is -1.07. The van der Waals surface area contributed by atoms with Gasteiger partial charge in [-0.05, 0) is 11.4 Å². The third kappa shape index (κ3) is 2.71. The summed E-state index contributed by atoms with van der Waals surface area (Å²) < 4.78 is 9.50. The molecular formula is C8H10O4S. The average Bonchev–Trinajstić information content (AvgIpc) is 2.52. The predicted octanol–water partition coefficient (Wildman–Crippen LogP) is 1.26. The lowest BCUT2D eigenvalue weighted by molar-refractivity contribution is 0.0391. The fraction of sp³-hybridized carbons (Fsp3) is 0.375. The van der Waals surface area contributed by atoms with E-state index >= 15 is 0 Å². The van der Waals surface area contributed by atoms with Crippen LogP contribution in [0, 0.1) is 0 Å². The standard InChI is InChI=1S/C8H10O4S/c1-11-3-4-12-8(10)7-6(9)2-5-13-7/h2,5,9H,3-4H2,1H3. The number of esters is 1. The van der Waals surface area contributed by atoms with Crippen LogP contribution in [0.1, 0.15) is 9.67 Å². The topological polar surface area (TPSA) is 55.8 Å². The summed E-state index contributed by atoms with van der Waals surface area (Å²) in [6.45, 7) is 0.560. The lowest BCUT2D eigenvalue weighted by atomic mass is 10.4. The number of thiophene rings is 1. The summed E-state index contributed by atoms with van der Waals surface area (Å²) >= 11 is 1.15. The van der Waals surface area contributed by atoms with Crippen LogP contribution in [0.4, 0.5) is 0 Å². The predicted molar refractivity (Wildman–Crippen MR) is 48.1 cm³/mol. The van der Waals surface area contributed by atoms with Crippen LogP contribution in [-0.4, -0.2) is 31.4 Å². The van der Waals surface area contributed by atoms with Gasteiger partial charge in [-0.1, -0.05) is 0 Å². The molecule has 0 aliphatic heterocycles. The molecule has 0 fully saturated rings. The summed E-state index contributed by atoms with van der Waals surface area (Å²) in [7, 11) is 1.52. The highest BCUT2D eigenvalue weighted by Crippen LogP contribution is 2.23. The first kappa shape index (κ1) is 10.0. The Balaban J connectivity index is 2.45. The molecule has 1 aromatic rings. The number of rotatable bonds is 4. The minimum Gasteiger partial charge on any atom is -0.506 e. The molecule has 0 aromatic carbocycles. The van der Waals surface area contributed by atoms with Crippen LogP contribution in [-0.2, 0) is 9.47 Å². The first-order chi connectivity index (χ1) is 6.25. The van der Waals surface area contributed by atoms with Gasteiger partial charge in [0.2, 0.25) is 0 Å². The van der Waals surface area contributed by atoms with Crippen LogP contribution < -0.4 is 0 Å². The Morgan fingerprint density at radius 3 is 2.92 bits per heavy atom. The summed E-state index contributed by atoms with van der Waals surface area (Å²) in [5, 5.41) is 10.8. The van der Waals surface area contributed by atoms with Crippen molar-refractivity contribution in [2.45, 2.75) is 0 Å². The summed E-state index contributed by atoms with van der Waals surface area (Å²) in [5.74, 6) is -0.544. The van der Waals surface area contributed by atoms with Crippen LogP contribution in [0.15, 0.2) is 11.4 Å². The van der Waals surface area contributed by atoms with Gasteiger partial charge < -0.3 is 14.6 Å². The van der Waals surface area contributed by atoms with Crippen molar-refractivity contribution in [1.29, 1.82) is 0 Å². The number of hydrogen-bond donors (Lipinski definition) is 1. The maximum Gasteiger partial charge on any atom is 0.352 e. The third-order valence-corrected chi connectivity index (χ3v) is 2.23. The first-order valence-electron chi connectivity index (χ1n) is 3.68. The second-order valence-corrected chi connectivity index (χ2v) is 3.18. The Morgan fingerprint density at radius 2 is 2.38 bits per heavy atom. The van der Waals surface area contributed by atoms with Gasteiger partial charge in [0.1, 0.15) is 12.4 Å². The van der Waals surface area contributed by atoms with E-state index in [4.69, 9.17) is 14.6 Å². The maximum atomic E-state index is 11.2. The van der Waals surface area contributed by atoms with E-state index in [0.29, 0.717) is 6.61 Å². The van der Waals surface area contributed by atoms with Crippen LogP contribution >= 0.6 is 11.3 Å². The van der Waals surface area contributed by atoms with E-state index in [2.05, 4.69) is 0 Å². The first-order valence-corrected chi connectivity index (χ1v) is 4.56. The summed E-state index contributed by atoms with van der Waals surface area (Å²) in [6.07, 6.45) is 0. The lowest BCUT2D eigenvalue weighted by Gasteiger charge is -2.01. The molecule has 5 heteroatoms. The molecular weight excluding hydrogens is 192 g/mol. The zero-order chi connectivity index (χ0) is 9.68. The van der Waals surface area contributed by atoms with Crippen molar-refractivity contribution in [2.75, 3.05) is 20.3 Å². The second-order valence-electron chi connectivity index (χ2n) is 2.26. The Kier molecular flexibility index (Phi) is 3.72. The third-order valence-electron chi connectivity index (χ3n) is 1.35. The second kappa shape index (κ2) is 4.84. The lowest BCUT2D eigenvalue weighted by Crippen LogP contribution is -2.08. The monoisotopic (exact) mass is 202 g/mol. The molecule has 1 N–H and O–H groups in total. The molecule has 72 valence electrons. The van der Waals surface area contributed by atoms with Gasteiger partial charge in [0.05, 0.1) is 6.61 Å². The van der Waals surface area contributed by atoms with Crippen molar-refractivity contribution < 1.29 is 19.4 Å². The largest absolute Gasteiger partial charge is 0.506 e. The van der Waals surface area contributed by atoms with E-state index in [1.165, 1.54) is 13.2 Å². The zero-order valence-electron chi connectivity index (χ0n) is 7.15. The number of methoxy groups -OCH3 is 1. The Morgan fingerprint density at radius 1 is 1.62 bits per heavy atom. The van der Waals surface area contributed by atoms with E-state index in [0.717, 1.165) is 11.3 Å². The molecule has 0 aliphatic carbocycles. The highest BCUT2D eigenvalue weighted by molar-refractivity contribution is 7.12. The van der Waals surface area contributed by atoms with Gasteiger partial charge in [0.15, 0.2) is 4.88 Å². The van der Waals surface area contributed by atoms with Crippen LogP contribution in [0.3, 0.4) is 0 Å². The van der Waals surface area contributed by atoms with Crippen molar-refractivity contribution >= 4 is 17.3 Å². The van der Waals surface area contributed by atoms with Gasteiger partial charge in [0, 0.05) is 7.11 Å². The molecule has 1 rings (SSSR count). The molecule has 0 atom stereocenters. The van der Waals surface area contributed by atoms with E-state index < -0.39 is 5.97 Å². The summed E-state index contributed by atoms with van der Waals surface area (Å²) in [5.41, 5.74) is 0. The molecule has 1 heterocycles. The quantitative estimate of drug-likeness (QED) is 0.590. The number of ether oxygens (including phenoxy) is 2. The molecule has 0 aliphatic rings. The molecule has 0 unspecified atom stereocenters. The summed E-state index contributed by atoms with van der Waals surface area (Å²) in [6, 6.07) is 1.46. The van der Waals surface area contributed by atoms with E-state index in [1.54, 1.807) is 5.38 Å². The molecule has 13 heavy (non-hydrogen) atoms. The molecule has 0 saturated heterocycles. The van der Waals surface area contributed by atoms with Gasteiger partial charge in [-0.15, -0.1) is 11.3 Å². The van der Waals surface area contributed by atoms with Crippen molar-refractivity contribution in [1.82, 2.24) is 0 Å². The van der Waals surface area contributed by atoms with Crippen LogP contribution in [0.2, 0.25) is 0 Å². The highest BCUT2D eigenvalue weighted by atomic mass is 32.1. The maximum absolute atomic E-state index is 11.2. The molecule has 0 radical (unpaired) electrons. The van der Waals surface area contributed by atoms with Gasteiger partial charge in [-0.25, -0.2) is 4.79 Å². The molecule has 0 saturated carbocycles. The number of hydrogen-bond acceptors (Lipinski definition) is 5. The Labute approximate surface area is 79.7 Å². The number of aromatic hydroxyl groups is 1. The molecule has 4 nitrogen and oxygen atoms in total. The van der Waals surface area contributed by atoms with Crippen molar-refractivity contribution in [3.8, 4) is 5.75 Å². The smallest absolute Gasteiger partial charge is 0.352 e. The molecule has 0 bridgehead atoms. The van der Waals surface area contributed by atoms with Gasteiger partial charge in [-0.3, -0.25) is 0 Å². The number of carbonyl (C=O) groups is 1. The molecule has 0 spiro atoms. The fourth-order valence-corrected chi connectivity index (χ4v) is 1.42. The minimum atomic E-state index is -0.510.